The van der Waals surface area contributed by atoms with Crippen LogP contribution in [0.25, 0.3) is 0 Å². The van der Waals surface area contributed by atoms with Crippen LogP contribution >= 0.6 is 0 Å². The molecule has 0 fully saturated rings. The van der Waals surface area contributed by atoms with Crippen LogP contribution in [0.15, 0.2) is 29.3 Å². The molecule has 1 N–H and O–H groups in total. The van der Waals surface area contributed by atoms with E-state index in [1.165, 1.54) is 7.11 Å². The summed E-state index contributed by atoms with van der Waals surface area (Å²) in [5, 5.41) is 8.77. The summed E-state index contributed by atoms with van der Waals surface area (Å²) in [6.07, 6.45) is 1.11. The number of hydrogen-bond donors (Lipinski definition) is 1. The van der Waals surface area contributed by atoms with Gasteiger partial charge in [-0.25, -0.2) is 9.79 Å². The molecule has 0 saturated heterocycles. The number of carbonyl (C=O) groups is 1. The van der Waals surface area contributed by atoms with E-state index >= 15 is 0 Å². The highest BCUT2D eigenvalue weighted by Gasteiger charge is 1.93. The third-order valence-corrected chi connectivity index (χ3v) is 1.64. The molecular weight excluding hydrogens is 182 g/mol. The zero-order valence-corrected chi connectivity index (χ0v) is 7.80. The Hall–Kier alpha value is -1.68. The lowest BCUT2D eigenvalue weighted by Crippen LogP contribution is -1.99. The first kappa shape index (κ1) is 10.4. The maximum absolute atomic E-state index is 10.7. The van der Waals surface area contributed by atoms with Crippen LogP contribution in [0.2, 0.25) is 0 Å². The van der Waals surface area contributed by atoms with Gasteiger partial charge in [0.15, 0.2) is 0 Å². The Bertz CT molecular complexity index is 330. The summed E-state index contributed by atoms with van der Waals surface area (Å²) in [4.78, 5) is 14.6. The second-order valence-electron chi connectivity index (χ2n) is 2.61. The van der Waals surface area contributed by atoms with Crippen LogP contribution in [0.4, 0.5) is 5.69 Å². The van der Waals surface area contributed by atoms with Gasteiger partial charge in [0.1, 0.15) is 6.21 Å². The molecule has 0 spiro atoms. The van der Waals surface area contributed by atoms with Crippen molar-refractivity contribution in [3.63, 3.8) is 0 Å². The molecule has 0 bridgehead atoms. The summed E-state index contributed by atoms with van der Waals surface area (Å²) in [7, 11) is 1.29. The van der Waals surface area contributed by atoms with Crippen molar-refractivity contribution in [3.8, 4) is 0 Å². The largest absolute Gasteiger partial charge is 0.465 e. The number of methoxy groups -OCH3 is 1. The van der Waals surface area contributed by atoms with Crippen molar-refractivity contribution < 1.29 is 14.6 Å². The van der Waals surface area contributed by atoms with Gasteiger partial charge in [0.25, 0.3) is 0 Å². The highest BCUT2D eigenvalue weighted by atomic mass is 16.5. The molecule has 4 heteroatoms. The zero-order chi connectivity index (χ0) is 10.4. The Kier molecular flexibility index (Phi) is 3.82. The number of aliphatic hydroxyl groups excluding tert-OH is 1. The predicted octanol–water partition coefficient (Wildman–Crippen LogP) is 1.05. The van der Waals surface area contributed by atoms with E-state index in [9.17, 15) is 4.79 Å². The third-order valence-electron chi connectivity index (χ3n) is 1.64. The van der Waals surface area contributed by atoms with Crippen molar-refractivity contribution in [2.75, 3.05) is 7.11 Å². The van der Waals surface area contributed by atoms with Gasteiger partial charge in [0.05, 0.1) is 19.4 Å². The Morgan fingerprint density at radius 3 is 2.64 bits per heavy atom. The minimum absolute atomic E-state index is 0.000988. The Labute approximate surface area is 81.9 Å². The normalized spacial score (nSPS) is 10.4. The first-order chi connectivity index (χ1) is 6.76. The second kappa shape index (κ2) is 5.14. The van der Waals surface area contributed by atoms with E-state index in [0.717, 1.165) is 11.8 Å². The molecule has 0 unspecified atom stereocenters. The monoisotopic (exact) mass is 193 g/mol. The first-order valence-electron chi connectivity index (χ1n) is 4.08. The van der Waals surface area contributed by atoms with E-state index in [1.54, 1.807) is 24.3 Å². The smallest absolute Gasteiger partial charge is 0.349 e. The summed E-state index contributed by atoms with van der Waals surface area (Å²) < 4.78 is 4.39. The molecule has 0 aromatic heterocycles. The number of esters is 1. The molecule has 4 nitrogen and oxygen atoms in total. The molecule has 74 valence electrons. The number of carbonyl (C=O) groups excluding carboxylic acids is 1. The molecule has 0 aliphatic heterocycles. The van der Waals surface area contributed by atoms with Gasteiger partial charge in [0, 0.05) is 0 Å². The standard InChI is InChI=1S/C10H11NO3/c1-14-10(13)6-11-9-4-2-8(7-12)3-5-9/h2-6,12H,7H2,1H3. The lowest BCUT2D eigenvalue weighted by molar-refractivity contribution is -0.132. The fourth-order valence-electron chi connectivity index (χ4n) is 0.867. The topological polar surface area (TPSA) is 58.9 Å². The fourth-order valence-corrected chi connectivity index (χ4v) is 0.867. The van der Waals surface area contributed by atoms with Gasteiger partial charge in [-0.05, 0) is 17.7 Å². The summed E-state index contributed by atoms with van der Waals surface area (Å²) in [5.74, 6) is -0.490. The molecule has 0 radical (unpaired) electrons. The van der Waals surface area contributed by atoms with E-state index in [-0.39, 0.29) is 6.61 Å². The number of benzene rings is 1. The maximum Gasteiger partial charge on any atom is 0.349 e. The molecule has 0 aliphatic rings. The molecular formula is C10H11NO3. The van der Waals surface area contributed by atoms with E-state index in [2.05, 4.69) is 9.73 Å². The van der Waals surface area contributed by atoms with Crippen LogP contribution < -0.4 is 0 Å². The average molecular weight is 193 g/mol. The van der Waals surface area contributed by atoms with E-state index < -0.39 is 5.97 Å². The Morgan fingerprint density at radius 2 is 2.14 bits per heavy atom. The Balaban J connectivity index is 2.68. The van der Waals surface area contributed by atoms with Gasteiger partial charge in [-0.2, -0.15) is 0 Å². The van der Waals surface area contributed by atoms with Gasteiger partial charge in [-0.3, -0.25) is 0 Å². The number of rotatable bonds is 3. The van der Waals surface area contributed by atoms with E-state index in [1.807, 2.05) is 0 Å². The van der Waals surface area contributed by atoms with Crippen molar-refractivity contribution >= 4 is 17.9 Å². The molecule has 0 saturated carbocycles. The van der Waals surface area contributed by atoms with Crippen LogP contribution in [0, 0.1) is 0 Å². The van der Waals surface area contributed by atoms with Crippen LogP contribution in [0.3, 0.4) is 0 Å². The number of nitrogens with zero attached hydrogens (tertiary/aromatic N) is 1. The molecule has 14 heavy (non-hydrogen) atoms. The van der Waals surface area contributed by atoms with Crippen molar-refractivity contribution in [3.05, 3.63) is 29.8 Å². The zero-order valence-electron chi connectivity index (χ0n) is 7.80. The van der Waals surface area contributed by atoms with Gasteiger partial charge in [-0.15, -0.1) is 0 Å². The summed E-state index contributed by atoms with van der Waals surface area (Å²) in [6.45, 7) is 0.000988. The van der Waals surface area contributed by atoms with Crippen LogP contribution in [-0.4, -0.2) is 24.4 Å². The molecule has 0 atom stereocenters. The number of hydrogen-bond acceptors (Lipinski definition) is 4. The average Bonchev–Trinajstić information content (AvgIpc) is 2.26. The molecule has 1 aromatic carbocycles. The van der Waals surface area contributed by atoms with Gasteiger partial charge in [0.2, 0.25) is 0 Å². The minimum atomic E-state index is -0.490. The van der Waals surface area contributed by atoms with Crippen molar-refractivity contribution in [1.82, 2.24) is 0 Å². The Morgan fingerprint density at radius 1 is 1.50 bits per heavy atom. The fraction of sp³-hybridized carbons (Fsp3) is 0.200. The lowest BCUT2D eigenvalue weighted by atomic mass is 10.2. The second-order valence-corrected chi connectivity index (χ2v) is 2.61. The van der Waals surface area contributed by atoms with Crippen molar-refractivity contribution in [2.45, 2.75) is 6.61 Å². The highest BCUT2D eigenvalue weighted by Crippen LogP contribution is 2.12. The van der Waals surface area contributed by atoms with Crippen molar-refractivity contribution in [2.24, 2.45) is 4.99 Å². The lowest BCUT2D eigenvalue weighted by Gasteiger charge is -1.96. The van der Waals surface area contributed by atoms with E-state index in [0.29, 0.717) is 5.69 Å². The molecule has 0 heterocycles. The van der Waals surface area contributed by atoms with Gasteiger partial charge in [-0.1, -0.05) is 12.1 Å². The number of aliphatic imine (C=N–C) groups is 1. The summed E-state index contributed by atoms with van der Waals surface area (Å²) >= 11 is 0. The SMILES string of the molecule is COC(=O)C=Nc1ccc(CO)cc1. The summed E-state index contributed by atoms with van der Waals surface area (Å²) in [6, 6.07) is 6.91. The third kappa shape index (κ3) is 2.99. The van der Waals surface area contributed by atoms with Crippen molar-refractivity contribution in [1.29, 1.82) is 0 Å². The van der Waals surface area contributed by atoms with Gasteiger partial charge < -0.3 is 9.84 Å². The highest BCUT2D eigenvalue weighted by molar-refractivity contribution is 6.23. The maximum atomic E-state index is 10.7. The quantitative estimate of drug-likeness (QED) is 0.576. The molecule has 0 aliphatic carbocycles. The van der Waals surface area contributed by atoms with Crippen LogP contribution in [-0.2, 0) is 16.1 Å². The van der Waals surface area contributed by atoms with Crippen LogP contribution in [0.1, 0.15) is 5.56 Å². The minimum Gasteiger partial charge on any atom is -0.465 e. The predicted molar refractivity (Wildman–Crippen MR) is 52.5 cm³/mol. The molecule has 0 amide bonds. The molecule has 1 aromatic rings. The molecule has 1 rings (SSSR count). The summed E-state index contributed by atoms with van der Waals surface area (Å²) in [5.41, 5.74) is 1.45. The van der Waals surface area contributed by atoms with Crippen LogP contribution in [0.5, 0.6) is 0 Å². The van der Waals surface area contributed by atoms with E-state index in [4.69, 9.17) is 5.11 Å². The first-order valence-corrected chi connectivity index (χ1v) is 4.08. The number of ether oxygens (including phenoxy) is 1. The van der Waals surface area contributed by atoms with Gasteiger partial charge >= 0.3 is 5.97 Å². The number of aliphatic hydroxyl groups is 1.